The Labute approximate surface area is 471 Å². The molecule has 0 heterocycles. The Balaban J connectivity index is 0.982. The van der Waals surface area contributed by atoms with Gasteiger partial charge < -0.3 is 10.2 Å². The number of nitrogens with zero attached hydrogens (tertiary/aromatic N) is 1. The van der Waals surface area contributed by atoms with Crippen molar-refractivity contribution in [3.05, 3.63) is 296 Å². The number of anilines is 5. The lowest BCUT2D eigenvalue weighted by Gasteiger charge is -2.29. The Morgan fingerprint density at radius 1 is 0.259 bits per heavy atom. The van der Waals surface area contributed by atoms with Crippen molar-refractivity contribution in [3.63, 3.8) is 0 Å². The number of rotatable bonds is 8. The standard InChI is InChI=1S/C79H54N2/c1-79(2)75-34-17-16-32-67(75)68-43-40-58(49-76(68)79)81(56-23-4-3-5-24-56)57-41-44-70-74(48-57)78(72-46-53-21-8-11-27-62(53)64-29-13-15-31-66(64)72)69-42-39-55(80-54-37-35-51(36-38-54)60-33-18-22-50-19-6-9-25-59(50)60)47-73(69)77(70)71-45-52-20-7-10-26-61(52)63-28-12-14-30-65(63)71/h3-49,80H,1-2H3. The molecule has 380 valence electrons. The zero-order valence-corrected chi connectivity index (χ0v) is 45.1. The molecule has 1 N–H and O–H groups in total. The molecule has 15 aromatic rings. The molecule has 15 aromatic carbocycles. The van der Waals surface area contributed by atoms with Crippen molar-refractivity contribution < 1.29 is 0 Å². The summed E-state index contributed by atoms with van der Waals surface area (Å²) in [6.07, 6.45) is 0. The van der Waals surface area contributed by atoms with Crippen LogP contribution < -0.4 is 10.2 Å². The number of hydrogen-bond acceptors (Lipinski definition) is 2. The van der Waals surface area contributed by atoms with E-state index in [2.05, 4.69) is 309 Å². The summed E-state index contributed by atoms with van der Waals surface area (Å²) in [5.74, 6) is 0. The van der Waals surface area contributed by atoms with Crippen molar-refractivity contribution >= 4 is 104 Å². The van der Waals surface area contributed by atoms with Gasteiger partial charge in [-0.05, 0) is 204 Å². The molecule has 0 saturated carbocycles. The van der Waals surface area contributed by atoms with Gasteiger partial charge in [-0.2, -0.15) is 0 Å². The van der Waals surface area contributed by atoms with Crippen molar-refractivity contribution in [2.24, 2.45) is 0 Å². The van der Waals surface area contributed by atoms with Crippen LogP contribution in [-0.2, 0) is 5.41 Å². The lowest BCUT2D eigenvalue weighted by Crippen LogP contribution is -2.16. The topological polar surface area (TPSA) is 15.3 Å². The van der Waals surface area contributed by atoms with E-state index in [0.717, 1.165) is 28.4 Å². The Hall–Kier alpha value is -10.3. The zero-order chi connectivity index (χ0) is 53.8. The van der Waals surface area contributed by atoms with Gasteiger partial charge >= 0.3 is 0 Å². The lowest BCUT2D eigenvalue weighted by atomic mass is 9.82. The molecule has 2 heteroatoms. The van der Waals surface area contributed by atoms with Crippen molar-refractivity contribution in [2.45, 2.75) is 19.3 Å². The van der Waals surface area contributed by atoms with E-state index in [9.17, 15) is 0 Å². The molecule has 16 rings (SSSR count). The molecule has 81 heavy (non-hydrogen) atoms. The summed E-state index contributed by atoms with van der Waals surface area (Å²) >= 11 is 0. The first-order chi connectivity index (χ1) is 39.9. The fourth-order valence-corrected chi connectivity index (χ4v) is 13.8. The molecular weight excluding hydrogens is 977 g/mol. The minimum Gasteiger partial charge on any atom is -0.356 e. The summed E-state index contributed by atoms with van der Waals surface area (Å²) in [6, 6.07) is 106. The summed E-state index contributed by atoms with van der Waals surface area (Å²) in [6.45, 7) is 4.75. The van der Waals surface area contributed by atoms with Crippen LogP contribution in [0.2, 0.25) is 0 Å². The maximum atomic E-state index is 3.90. The molecule has 0 bridgehead atoms. The Kier molecular flexibility index (Phi) is 10.6. The zero-order valence-electron chi connectivity index (χ0n) is 45.1. The largest absolute Gasteiger partial charge is 0.356 e. The smallest absolute Gasteiger partial charge is 0.0468 e. The molecular formula is C79H54N2. The fourth-order valence-electron chi connectivity index (χ4n) is 13.8. The molecule has 0 unspecified atom stereocenters. The van der Waals surface area contributed by atoms with Gasteiger partial charge in [-0.25, -0.2) is 0 Å². The fraction of sp³-hybridized carbons (Fsp3) is 0.0380. The van der Waals surface area contributed by atoms with Crippen LogP contribution in [0.3, 0.4) is 0 Å². The van der Waals surface area contributed by atoms with Gasteiger partial charge in [0, 0.05) is 33.9 Å². The second-order valence-corrected chi connectivity index (χ2v) is 22.4. The third-order valence-electron chi connectivity index (χ3n) is 17.5. The second kappa shape index (κ2) is 18.4. The van der Waals surface area contributed by atoms with Gasteiger partial charge in [-0.3, -0.25) is 0 Å². The van der Waals surface area contributed by atoms with Crippen LogP contribution in [0.15, 0.2) is 285 Å². The van der Waals surface area contributed by atoms with E-state index in [1.807, 2.05) is 0 Å². The summed E-state index contributed by atoms with van der Waals surface area (Å²) in [4.78, 5) is 2.47. The minimum absolute atomic E-state index is 0.164. The van der Waals surface area contributed by atoms with Gasteiger partial charge in [-0.1, -0.05) is 226 Å². The SMILES string of the molecule is CC1(C)c2ccccc2-c2ccc(N(c3ccccc3)c3ccc4c(-c5cc6ccccc6c6ccccc56)c5cc(Nc6ccc(-c7cccc8ccccc78)cc6)ccc5c(-c5cc6ccccc6c6ccccc56)c4c3)cc21. The Bertz CT molecular complexity index is 5050. The summed E-state index contributed by atoms with van der Waals surface area (Å²) in [7, 11) is 0. The monoisotopic (exact) mass is 1030 g/mol. The van der Waals surface area contributed by atoms with Crippen molar-refractivity contribution in [2.75, 3.05) is 10.2 Å². The van der Waals surface area contributed by atoms with Crippen LogP contribution in [0, 0.1) is 0 Å². The van der Waals surface area contributed by atoms with Gasteiger partial charge in [0.1, 0.15) is 0 Å². The molecule has 0 aliphatic heterocycles. The molecule has 0 saturated heterocycles. The van der Waals surface area contributed by atoms with Gasteiger partial charge in [0.15, 0.2) is 0 Å². The molecule has 1 aliphatic carbocycles. The van der Waals surface area contributed by atoms with Crippen LogP contribution in [0.1, 0.15) is 25.0 Å². The van der Waals surface area contributed by atoms with Gasteiger partial charge in [0.05, 0.1) is 0 Å². The van der Waals surface area contributed by atoms with Crippen molar-refractivity contribution in [1.29, 1.82) is 0 Å². The normalized spacial score (nSPS) is 12.7. The van der Waals surface area contributed by atoms with Crippen LogP contribution in [-0.4, -0.2) is 0 Å². The van der Waals surface area contributed by atoms with Gasteiger partial charge in [0.25, 0.3) is 0 Å². The molecule has 0 atom stereocenters. The third-order valence-corrected chi connectivity index (χ3v) is 17.5. The van der Waals surface area contributed by atoms with E-state index in [4.69, 9.17) is 0 Å². The molecule has 1 aliphatic rings. The molecule has 0 spiro atoms. The van der Waals surface area contributed by atoms with E-state index in [1.54, 1.807) is 0 Å². The number of fused-ring (bicyclic) bond motifs is 12. The van der Waals surface area contributed by atoms with Crippen LogP contribution in [0.5, 0.6) is 0 Å². The van der Waals surface area contributed by atoms with Crippen LogP contribution in [0.25, 0.3) is 120 Å². The highest BCUT2D eigenvalue weighted by atomic mass is 15.1. The highest BCUT2D eigenvalue weighted by Gasteiger charge is 2.36. The number of nitrogens with one attached hydrogen (secondary N) is 1. The van der Waals surface area contributed by atoms with Crippen molar-refractivity contribution in [3.8, 4) is 44.5 Å². The van der Waals surface area contributed by atoms with Crippen molar-refractivity contribution in [1.82, 2.24) is 0 Å². The molecule has 0 radical (unpaired) electrons. The molecule has 0 amide bonds. The van der Waals surface area contributed by atoms with E-state index in [1.165, 1.54) is 131 Å². The van der Waals surface area contributed by atoms with Gasteiger partial charge in [0.2, 0.25) is 0 Å². The summed E-state index contributed by atoms with van der Waals surface area (Å²) < 4.78 is 0. The average molecular weight is 1030 g/mol. The average Bonchev–Trinajstić information content (AvgIpc) is 3.81. The first kappa shape index (κ1) is 46.8. The van der Waals surface area contributed by atoms with Gasteiger partial charge in [-0.15, -0.1) is 0 Å². The summed E-state index contributed by atoms with van der Waals surface area (Å²) in [5.41, 5.74) is 17.8. The highest BCUT2D eigenvalue weighted by molar-refractivity contribution is 6.29. The number of benzene rings is 15. The van der Waals surface area contributed by atoms with Crippen LogP contribution >= 0.6 is 0 Å². The maximum Gasteiger partial charge on any atom is 0.0468 e. The highest BCUT2D eigenvalue weighted by Crippen LogP contribution is 2.53. The number of hydrogen-bond donors (Lipinski definition) is 1. The van der Waals surface area contributed by atoms with Crippen LogP contribution in [0.4, 0.5) is 28.4 Å². The Morgan fingerprint density at radius 3 is 1.42 bits per heavy atom. The maximum absolute atomic E-state index is 3.90. The summed E-state index contributed by atoms with van der Waals surface area (Å²) in [5, 5.41) is 21.0. The van der Waals surface area contributed by atoms with E-state index in [0.29, 0.717) is 0 Å². The molecule has 2 nitrogen and oxygen atoms in total. The van der Waals surface area contributed by atoms with E-state index >= 15 is 0 Å². The quantitative estimate of drug-likeness (QED) is 0.121. The second-order valence-electron chi connectivity index (χ2n) is 22.4. The first-order valence-corrected chi connectivity index (χ1v) is 28.2. The predicted octanol–water partition coefficient (Wildman–Crippen LogP) is 22.3. The predicted molar refractivity (Wildman–Crippen MR) is 347 cm³/mol. The molecule has 0 aromatic heterocycles. The first-order valence-electron chi connectivity index (χ1n) is 28.2. The van der Waals surface area contributed by atoms with E-state index in [-0.39, 0.29) is 5.41 Å². The van der Waals surface area contributed by atoms with E-state index < -0.39 is 0 Å². The molecule has 0 fully saturated rings. The lowest BCUT2D eigenvalue weighted by molar-refractivity contribution is 0.660. The third kappa shape index (κ3) is 7.48. The number of para-hydroxylation sites is 1. The Morgan fingerprint density at radius 2 is 0.741 bits per heavy atom. The minimum atomic E-state index is -0.164.